The first-order valence-electron chi connectivity index (χ1n) is 13.4. The molecule has 1 heterocycles. The van der Waals surface area contributed by atoms with Crippen LogP contribution in [0.4, 0.5) is 0 Å². The first-order chi connectivity index (χ1) is 19.3. The van der Waals surface area contributed by atoms with Gasteiger partial charge in [0, 0.05) is 17.7 Å². The minimum Gasteiger partial charge on any atom is -0.506 e. The Morgan fingerprint density at radius 1 is 1.07 bits per heavy atom. The van der Waals surface area contributed by atoms with Gasteiger partial charge < -0.3 is 19.3 Å². The number of carbonyl (C=O) groups is 1. The minimum absolute atomic E-state index is 0.0866. The summed E-state index contributed by atoms with van der Waals surface area (Å²) in [5, 5.41) is 13.7. The highest BCUT2D eigenvalue weighted by atomic mass is 35.5. The molecule has 0 spiro atoms. The fourth-order valence-electron chi connectivity index (χ4n) is 4.40. The number of amides is 1. The molecule has 0 aliphatic carbocycles. The average molecular weight is 566 g/mol. The maximum absolute atomic E-state index is 12.4. The van der Waals surface area contributed by atoms with Crippen molar-refractivity contribution in [1.82, 2.24) is 10.3 Å². The zero-order chi connectivity index (χ0) is 28.5. The number of ether oxygens (including phenoxy) is 3. The molecule has 3 aromatic carbocycles. The molecule has 3 aromatic rings. The van der Waals surface area contributed by atoms with Crippen LogP contribution >= 0.6 is 11.6 Å². The molecular weight excluding hydrogens is 530 g/mol. The Bertz CT molecular complexity index is 1320. The van der Waals surface area contributed by atoms with Gasteiger partial charge in [0.1, 0.15) is 19.0 Å². The molecule has 1 saturated heterocycles. The Hall–Kier alpha value is -3.75. The van der Waals surface area contributed by atoms with Crippen LogP contribution in [0.25, 0.3) is 0 Å². The molecule has 0 saturated carbocycles. The van der Waals surface area contributed by atoms with E-state index in [9.17, 15) is 9.90 Å². The van der Waals surface area contributed by atoms with E-state index in [1.807, 2.05) is 6.07 Å². The monoisotopic (exact) mass is 565 g/mol. The fourth-order valence-corrected chi connectivity index (χ4v) is 4.58. The number of phenols is 1. The Labute approximate surface area is 240 Å². The molecule has 0 radical (unpaired) electrons. The SMILES string of the molecule is COc1cc(/C=N/NC(=O)c2ccc(O)c(Cl)c2)cc(OCCN2CCCC2)c1OCc1ccc(C(C)C)cc1. The number of phenolic OH excluding ortho intramolecular Hbond substituents is 1. The summed E-state index contributed by atoms with van der Waals surface area (Å²) in [5.74, 6) is 1.45. The number of likely N-dealkylation sites (tertiary alicyclic amines) is 1. The molecule has 1 aliphatic rings. The quantitative estimate of drug-likeness (QED) is 0.207. The van der Waals surface area contributed by atoms with Crippen molar-refractivity contribution in [3.8, 4) is 23.0 Å². The van der Waals surface area contributed by atoms with Crippen LogP contribution in [-0.4, -0.2) is 55.5 Å². The van der Waals surface area contributed by atoms with Crippen LogP contribution in [0.5, 0.6) is 23.0 Å². The number of hydrogen-bond donors (Lipinski definition) is 2. The number of hydrogen-bond acceptors (Lipinski definition) is 7. The Kier molecular flexibility index (Phi) is 10.3. The van der Waals surface area contributed by atoms with Crippen molar-refractivity contribution < 1.29 is 24.1 Å². The lowest BCUT2D eigenvalue weighted by Gasteiger charge is -2.19. The van der Waals surface area contributed by atoms with Gasteiger partial charge >= 0.3 is 0 Å². The zero-order valence-electron chi connectivity index (χ0n) is 23.2. The number of benzene rings is 3. The van der Waals surface area contributed by atoms with Gasteiger partial charge in [-0.3, -0.25) is 9.69 Å². The summed E-state index contributed by atoms with van der Waals surface area (Å²) in [6, 6.07) is 16.2. The highest BCUT2D eigenvalue weighted by molar-refractivity contribution is 6.32. The predicted octanol–water partition coefficient (Wildman–Crippen LogP) is 6.00. The highest BCUT2D eigenvalue weighted by Crippen LogP contribution is 2.39. The van der Waals surface area contributed by atoms with Crippen LogP contribution < -0.4 is 19.6 Å². The number of methoxy groups -OCH3 is 1. The third-order valence-electron chi connectivity index (χ3n) is 6.75. The number of aromatic hydroxyl groups is 1. The summed E-state index contributed by atoms with van der Waals surface area (Å²) in [5.41, 5.74) is 5.72. The molecule has 1 fully saturated rings. The summed E-state index contributed by atoms with van der Waals surface area (Å²) < 4.78 is 18.1. The number of nitrogens with zero attached hydrogens (tertiary/aromatic N) is 2. The van der Waals surface area contributed by atoms with E-state index in [4.69, 9.17) is 25.8 Å². The topological polar surface area (TPSA) is 92.6 Å². The van der Waals surface area contributed by atoms with E-state index in [1.54, 1.807) is 13.2 Å². The molecule has 1 amide bonds. The maximum Gasteiger partial charge on any atom is 0.271 e. The summed E-state index contributed by atoms with van der Waals surface area (Å²) in [4.78, 5) is 14.8. The summed E-state index contributed by atoms with van der Waals surface area (Å²) in [6.45, 7) is 8.18. The normalized spacial score (nSPS) is 13.6. The number of carbonyl (C=O) groups excluding carboxylic acids is 1. The lowest BCUT2D eigenvalue weighted by Crippen LogP contribution is -2.25. The van der Waals surface area contributed by atoms with E-state index < -0.39 is 5.91 Å². The van der Waals surface area contributed by atoms with Crippen LogP contribution in [0.15, 0.2) is 59.7 Å². The van der Waals surface area contributed by atoms with E-state index in [1.165, 1.54) is 42.8 Å². The Morgan fingerprint density at radius 2 is 1.80 bits per heavy atom. The summed E-state index contributed by atoms with van der Waals surface area (Å²) >= 11 is 5.91. The van der Waals surface area contributed by atoms with E-state index in [0.29, 0.717) is 41.9 Å². The lowest BCUT2D eigenvalue weighted by molar-refractivity contribution is 0.0955. The molecule has 1 aliphatic heterocycles. The second kappa shape index (κ2) is 14.1. The van der Waals surface area contributed by atoms with E-state index in [2.05, 4.69) is 53.5 Å². The van der Waals surface area contributed by atoms with Crippen LogP contribution in [0, 0.1) is 0 Å². The molecule has 9 heteroatoms. The van der Waals surface area contributed by atoms with Gasteiger partial charge in [0.05, 0.1) is 18.3 Å². The molecule has 4 rings (SSSR count). The van der Waals surface area contributed by atoms with Gasteiger partial charge in [-0.2, -0.15) is 5.10 Å². The third kappa shape index (κ3) is 7.90. The van der Waals surface area contributed by atoms with Crippen molar-refractivity contribution in [2.24, 2.45) is 5.10 Å². The molecule has 0 bridgehead atoms. The van der Waals surface area contributed by atoms with Crippen molar-refractivity contribution in [3.05, 3.63) is 81.9 Å². The van der Waals surface area contributed by atoms with Gasteiger partial charge in [-0.1, -0.05) is 49.7 Å². The van der Waals surface area contributed by atoms with Gasteiger partial charge in [-0.25, -0.2) is 5.43 Å². The van der Waals surface area contributed by atoms with Gasteiger partial charge in [0.2, 0.25) is 5.75 Å². The molecule has 0 aromatic heterocycles. The van der Waals surface area contributed by atoms with Gasteiger partial charge in [0.25, 0.3) is 5.91 Å². The second-order valence-corrected chi connectivity index (χ2v) is 10.4. The van der Waals surface area contributed by atoms with E-state index >= 15 is 0 Å². The minimum atomic E-state index is -0.462. The van der Waals surface area contributed by atoms with Crippen molar-refractivity contribution in [2.45, 2.75) is 39.2 Å². The van der Waals surface area contributed by atoms with Crippen LogP contribution in [-0.2, 0) is 6.61 Å². The van der Waals surface area contributed by atoms with Crippen LogP contribution in [0.3, 0.4) is 0 Å². The number of halogens is 1. The molecular formula is C31H36ClN3O5. The molecule has 0 unspecified atom stereocenters. The Balaban J connectivity index is 1.50. The number of rotatable bonds is 12. The largest absolute Gasteiger partial charge is 0.506 e. The highest BCUT2D eigenvalue weighted by Gasteiger charge is 2.17. The van der Waals surface area contributed by atoms with Crippen molar-refractivity contribution in [3.63, 3.8) is 0 Å². The smallest absolute Gasteiger partial charge is 0.271 e. The third-order valence-corrected chi connectivity index (χ3v) is 7.05. The van der Waals surface area contributed by atoms with Gasteiger partial charge in [-0.15, -0.1) is 0 Å². The number of nitrogens with one attached hydrogen (secondary N) is 1. The second-order valence-electron chi connectivity index (χ2n) is 10.00. The Morgan fingerprint density at radius 3 is 2.48 bits per heavy atom. The van der Waals surface area contributed by atoms with E-state index in [0.717, 1.165) is 25.2 Å². The molecule has 40 heavy (non-hydrogen) atoms. The van der Waals surface area contributed by atoms with E-state index in [-0.39, 0.29) is 16.3 Å². The van der Waals surface area contributed by atoms with Crippen molar-refractivity contribution in [2.75, 3.05) is 33.4 Å². The zero-order valence-corrected chi connectivity index (χ0v) is 23.9. The average Bonchev–Trinajstić information content (AvgIpc) is 3.47. The van der Waals surface area contributed by atoms with Crippen LogP contribution in [0.1, 0.15) is 59.7 Å². The van der Waals surface area contributed by atoms with Gasteiger partial charge in [-0.05, 0) is 73.3 Å². The van der Waals surface area contributed by atoms with Gasteiger partial charge in [0.15, 0.2) is 11.5 Å². The predicted molar refractivity (Wildman–Crippen MR) is 157 cm³/mol. The first-order valence-corrected chi connectivity index (χ1v) is 13.8. The summed E-state index contributed by atoms with van der Waals surface area (Å²) in [6.07, 6.45) is 3.93. The molecule has 8 nitrogen and oxygen atoms in total. The van der Waals surface area contributed by atoms with Crippen molar-refractivity contribution >= 4 is 23.7 Å². The first kappa shape index (κ1) is 29.2. The number of hydrazone groups is 1. The molecule has 212 valence electrons. The van der Waals surface area contributed by atoms with Crippen LogP contribution in [0.2, 0.25) is 5.02 Å². The lowest BCUT2D eigenvalue weighted by atomic mass is 10.0. The maximum atomic E-state index is 12.4. The molecule has 0 atom stereocenters. The standard InChI is InChI=1S/C31H36ClN3O5/c1-21(2)24-8-6-22(7-9-24)20-40-30-28(38-3)16-23(17-29(30)39-15-14-35-12-4-5-13-35)19-33-34-31(37)25-10-11-27(36)26(32)18-25/h6-11,16-19,21,36H,4-5,12-15,20H2,1-3H3,(H,34,37)/b33-19+. The van der Waals surface area contributed by atoms with Crippen molar-refractivity contribution in [1.29, 1.82) is 0 Å². The fraction of sp³-hybridized carbons (Fsp3) is 0.355. The molecule has 2 N–H and O–H groups in total. The summed E-state index contributed by atoms with van der Waals surface area (Å²) in [7, 11) is 1.57.